The minimum Gasteiger partial charge on any atom is -0.373 e. The predicted molar refractivity (Wildman–Crippen MR) is 140 cm³/mol. The maximum absolute atomic E-state index is 12.9. The molecule has 1 aliphatic carbocycles. The fourth-order valence-electron chi connectivity index (χ4n) is 4.98. The number of nitrogens with one attached hydrogen (secondary N) is 2. The third-order valence-electron chi connectivity index (χ3n) is 7.14. The minimum atomic E-state index is -0.144. The minimum absolute atomic E-state index is 0.144. The van der Waals surface area contributed by atoms with Gasteiger partial charge in [0.15, 0.2) is 0 Å². The Morgan fingerprint density at radius 3 is 2.78 bits per heavy atom. The Bertz CT molecular complexity index is 1610. The van der Waals surface area contributed by atoms with Crippen molar-refractivity contribution in [3.63, 3.8) is 0 Å². The number of carbonyl (C=O) groups excluding carboxylic acids is 1. The number of fused-ring (bicyclic) bond motifs is 2. The van der Waals surface area contributed by atoms with Crippen molar-refractivity contribution in [2.75, 3.05) is 12.4 Å². The van der Waals surface area contributed by atoms with Crippen LogP contribution in [0.15, 0.2) is 55.2 Å². The lowest BCUT2D eigenvalue weighted by atomic mass is 9.96. The van der Waals surface area contributed by atoms with Crippen LogP contribution in [0.25, 0.3) is 16.4 Å². The van der Waals surface area contributed by atoms with Crippen molar-refractivity contribution in [2.24, 2.45) is 0 Å². The van der Waals surface area contributed by atoms with Crippen LogP contribution in [0.1, 0.15) is 57.1 Å². The van der Waals surface area contributed by atoms with Crippen molar-refractivity contribution in [1.29, 1.82) is 0 Å². The van der Waals surface area contributed by atoms with Gasteiger partial charge in [0.1, 0.15) is 11.5 Å². The first-order valence-corrected chi connectivity index (χ1v) is 12.3. The fraction of sp³-hybridized carbons (Fsp3) is 0.286. The molecular formula is C28H29N7O. The zero-order valence-corrected chi connectivity index (χ0v) is 20.7. The molecule has 5 aromatic rings. The average molecular weight is 480 g/mol. The van der Waals surface area contributed by atoms with E-state index in [-0.39, 0.29) is 5.91 Å². The number of hydrogen-bond acceptors (Lipinski definition) is 5. The summed E-state index contributed by atoms with van der Waals surface area (Å²) in [6, 6.07) is 8.40. The summed E-state index contributed by atoms with van der Waals surface area (Å²) in [7, 11) is 1.88. The van der Waals surface area contributed by atoms with E-state index in [0.717, 1.165) is 44.6 Å². The molecule has 0 spiro atoms. The van der Waals surface area contributed by atoms with E-state index in [1.807, 2.05) is 25.5 Å². The van der Waals surface area contributed by atoms with Crippen LogP contribution >= 0.6 is 0 Å². The number of pyridine rings is 2. The highest BCUT2D eigenvalue weighted by atomic mass is 16.1. The molecular weight excluding hydrogens is 450 g/mol. The van der Waals surface area contributed by atoms with Gasteiger partial charge in [0.25, 0.3) is 5.91 Å². The van der Waals surface area contributed by atoms with Gasteiger partial charge in [-0.25, -0.2) is 9.97 Å². The number of benzene rings is 1. The number of carbonyl (C=O) groups is 1. The van der Waals surface area contributed by atoms with Crippen molar-refractivity contribution in [3.05, 3.63) is 88.8 Å². The number of hydrogen-bond donors (Lipinski definition) is 2. The van der Waals surface area contributed by atoms with Gasteiger partial charge in [0, 0.05) is 43.8 Å². The maximum Gasteiger partial charge on any atom is 0.254 e. The number of anilines is 1. The molecule has 0 unspecified atom stereocenters. The van der Waals surface area contributed by atoms with Gasteiger partial charge < -0.3 is 15.0 Å². The summed E-state index contributed by atoms with van der Waals surface area (Å²) in [6.45, 7) is 5.13. The van der Waals surface area contributed by atoms with Crippen LogP contribution in [0.4, 0.5) is 5.82 Å². The lowest BCUT2D eigenvalue weighted by molar-refractivity contribution is 0.0950. The molecule has 8 nitrogen and oxygen atoms in total. The van der Waals surface area contributed by atoms with Gasteiger partial charge in [0.05, 0.1) is 24.0 Å². The lowest BCUT2D eigenvalue weighted by Crippen LogP contribution is -2.23. The van der Waals surface area contributed by atoms with Crippen LogP contribution in [-0.4, -0.2) is 37.1 Å². The average Bonchev–Trinajstić information content (AvgIpc) is 3.49. The first kappa shape index (κ1) is 22.3. The molecule has 1 aliphatic rings. The van der Waals surface area contributed by atoms with Crippen LogP contribution in [0.5, 0.6) is 0 Å². The van der Waals surface area contributed by atoms with Crippen molar-refractivity contribution >= 4 is 28.1 Å². The summed E-state index contributed by atoms with van der Waals surface area (Å²) in [5.74, 6) is 1.42. The molecule has 0 radical (unpaired) electrons. The molecule has 1 fully saturated rings. The fourth-order valence-corrected chi connectivity index (χ4v) is 4.98. The van der Waals surface area contributed by atoms with Gasteiger partial charge in [-0.15, -0.1) is 0 Å². The second-order valence-electron chi connectivity index (χ2n) is 9.65. The Balaban J connectivity index is 1.15. The highest BCUT2D eigenvalue weighted by molar-refractivity contribution is 5.96. The number of amides is 1. The first-order valence-electron chi connectivity index (χ1n) is 12.3. The Kier molecular flexibility index (Phi) is 5.44. The second-order valence-corrected chi connectivity index (χ2v) is 9.65. The van der Waals surface area contributed by atoms with E-state index in [2.05, 4.69) is 63.4 Å². The Labute approximate surface area is 209 Å². The molecule has 182 valence electrons. The van der Waals surface area contributed by atoms with Crippen LogP contribution in [0.3, 0.4) is 0 Å². The normalized spacial score (nSPS) is 13.4. The van der Waals surface area contributed by atoms with Crippen molar-refractivity contribution in [3.8, 4) is 0 Å². The number of imidazole rings is 1. The summed E-state index contributed by atoms with van der Waals surface area (Å²) < 4.78 is 3.85. The van der Waals surface area contributed by atoms with Gasteiger partial charge in [0.2, 0.25) is 0 Å². The van der Waals surface area contributed by atoms with Crippen molar-refractivity contribution in [2.45, 2.75) is 45.7 Å². The third-order valence-corrected chi connectivity index (χ3v) is 7.14. The molecule has 8 heteroatoms. The summed E-state index contributed by atoms with van der Waals surface area (Å²) in [6.07, 6.45) is 12.0. The Hall–Kier alpha value is -4.20. The van der Waals surface area contributed by atoms with Gasteiger partial charge in [-0.2, -0.15) is 5.10 Å². The Morgan fingerprint density at radius 1 is 1.11 bits per heavy atom. The molecule has 0 aliphatic heterocycles. The van der Waals surface area contributed by atoms with E-state index in [0.29, 0.717) is 24.6 Å². The highest BCUT2D eigenvalue weighted by Gasteiger charge is 2.23. The van der Waals surface area contributed by atoms with E-state index in [1.165, 1.54) is 18.4 Å². The maximum atomic E-state index is 12.9. The number of aromatic nitrogens is 5. The van der Waals surface area contributed by atoms with E-state index in [4.69, 9.17) is 4.98 Å². The number of nitrogens with zero attached hydrogens (tertiary/aromatic N) is 5. The van der Waals surface area contributed by atoms with Crippen LogP contribution < -0.4 is 10.6 Å². The van der Waals surface area contributed by atoms with Gasteiger partial charge in [-0.05, 0) is 78.4 Å². The molecule has 1 saturated carbocycles. The van der Waals surface area contributed by atoms with Crippen molar-refractivity contribution in [1.82, 2.24) is 29.5 Å². The van der Waals surface area contributed by atoms with E-state index in [9.17, 15) is 4.79 Å². The number of rotatable bonds is 7. The van der Waals surface area contributed by atoms with E-state index >= 15 is 0 Å². The molecule has 2 N–H and O–H groups in total. The summed E-state index contributed by atoms with van der Waals surface area (Å²) in [4.78, 5) is 22.0. The summed E-state index contributed by atoms with van der Waals surface area (Å²) >= 11 is 0. The first-order chi connectivity index (χ1) is 17.5. The van der Waals surface area contributed by atoms with E-state index in [1.54, 1.807) is 17.1 Å². The molecule has 36 heavy (non-hydrogen) atoms. The lowest BCUT2D eigenvalue weighted by Gasteiger charge is -2.15. The molecule has 0 atom stereocenters. The number of aryl methyl sites for hydroxylation is 2. The molecule has 1 amide bonds. The zero-order chi connectivity index (χ0) is 24.8. The summed E-state index contributed by atoms with van der Waals surface area (Å²) in [5.41, 5.74) is 7.14. The van der Waals surface area contributed by atoms with Crippen LogP contribution in [0, 0.1) is 13.8 Å². The largest absolute Gasteiger partial charge is 0.373 e. The second kappa shape index (κ2) is 8.78. The molecule has 4 aromatic heterocycles. The predicted octanol–water partition coefficient (Wildman–Crippen LogP) is 4.59. The SMILES string of the molecule is CNc1nccc2c(C)c(CNC(=O)c3cnn(Cc4cn5cc(C6CC6)ccc5n4)c3)c(C)cc12. The van der Waals surface area contributed by atoms with Crippen molar-refractivity contribution < 1.29 is 4.79 Å². The smallest absolute Gasteiger partial charge is 0.254 e. The molecule has 1 aromatic carbocycles. The quantitative estimate of drug-likeness (QED) is 0.356. The van der Waals surface area contributed by atoms with Gasteiger partial charge >= 0.3 is 0 Å². The Morgan fingerprint density at radius 2 is 1.97 bits per heavy atom. The summed E-state index contributed by atoms with van der Waals surface area (Å²) in [5, 5.41) is 12.8. The third kappa shape index (κ3) is 4.08. The monoisotopic (exact) mass is 479 g/mol. The van der Waals surface area contributed by atoms with Crippen LogP contribution in [-0.2, 0) is 13.1 Å². The molecule has 4 heterocycles. The standard InChI is InChI=1S/C28H29N7O/c1-17-10-24-23(8-9-30-27(24)29-3)18(2)25(17)12-31-28(36)21-11-32-35(14-21)16-22-15-34-13-20(19-4-5-19)6-7-26(34)33-22/h6-11,13-15,19H,4-5,12,16H2,1-3H3,(H,29,30)(H,31,36). The molecule has 6 rings (SSSR count). The molecule has 0 bridgehead atoms. The van der Waals surface area contributed by atoms with Gasteiger partial charge in [-0.3, -0.25) is 9.48 Å². The topological polar surface area (TPSA) is 89.1 Å². The molecule has 0 saturated heterocycles. The van der Waals surface area contributed by atoms with Crippen LogP contribution in [0.2, 0.25) is 0 Å². The van der Waals surface area contributed by atoms with E-state index < -0.39 is 0 Å². The van der Waals surface area contributed by atoms with Gasteiger partial charge in [-0.1, -0.05) is 6.07 Å². The zero-order valence-electron chi connectivity index (χ0n) is 20.7. The highest BCUT2D eigenvalue weighted by Crippen LogP contribution is 2.39.